The second-order valence-corrected chi connectivity index (χ2v) is 9.45. The molecule has 33 heavy (non-hydrogen) atoms. The summed E-state index contributed by atoms with van der Waals surface area (Å²) in [4.78, 5) is 46.2. The van der Waals surface area contributed by atoms with E-state index in [0.29, 0.717) is 29.9 Å². The van der Waals surface area contributed by atoms with Crippen molar-refractivity contribution in [3.63, 3.8) is 0 Å². The van der Waals surface area contributed by atoms with Crippen LogP contribution in [0.3, 0.4) is 0 Å². The maximum absolute atomic E-state index is 13.3. The highest BCUT2D eigenvalue weighted by Crippen LogP contribution is 2.28. The largest absolute Gasteiger partial charge is 0.334 e. The molecule has 0 saturated carbocycles. The highest BCUT2D eigenvalue weighted by molar-refractivity contribution is 6.22. The molecule has 2 aliphatic heterocycles. The van der Waals surface area contributed by atoms with Crippen molar-refractivity contribution in [2.75, 3.05) is 6.54 Å². The van der Waals surface area contributed by atoms with Crippen molar-refractivity contribution in [3.8, 4) is 0 Å². The fourth-order valence-electron chi connectivity index (χ4n) is 4.49. The van der Waals surface area contributed by atoms with Gasteiger partial charge in [-0.05, 0) is 51.1 Å². The Morgan fingerprint density at radius 3 is 2.58 bits per heavy atom. The third-order valence-corrected chi connectivity index (χ3v) is 6.12. The Hall–Kier alpha value is -3.81. The minimum Gasteiger partial charge on any atom is -0.334 e. The van der Waals surface area contributed by atoms with Gasteiger partial charge in [0.05, 0.1) is 35.1 Å². The van der Waals surface area contributed by atoms with Crippen LogP contribution >= 0.6 is 0 Å². The molecule has 0 fully saturated rings. The Morgan fingerprint density at radius 2 is 1.85 bits per heavy atom. The second-order valence-electron chi connectivity index (χ2n) is 9.45. The molecule has 2 aliphatic rings. The Morgan fingerprint density at radius 1 is 1.06 bits per heavy atom. The number of pyridine rings is 1. The molecule has 4 heterocycles. The molecule has 0 N–H and O–H groups in total. The lowest BCUT2D eigenvalue weighted by molar-refractivity contribution is 0.0640. The molecule has 2 aromatic heterocycles. The molecule has 0 radical (unpaired) electrons. The minimum absolute atomic E-state index is 0.100. The Kier molecular flexibility index (Phi) is 4.88. The summed E-state index contributed by atoms with van der Waals surface area (Å²) < 4.78 is 2.03. The monoisotopic (exact) mass is 443 g/mol. The van der Waals surface area contributed by atoms with E-state index in [1.54, 1.807) is 41.4 Å². The number of benzene rings is 1. The zero-order valence-electron chi connectivity index (χ0n) is 18.9. The first-order chi connectivity index (χ1) is 15.7. The number of fused-ring (bicyclic) bond motifs is 2. The molecule has 0 unspecified atom stereocenters. The standard InChI is InChI=1S/C25H25N5O3/c1-25(2,3)30-21-9-11-28(14-17(21)13-27-30)22(31)16-7-8-19-20(12-16)24(33)29(23(19)32)15-18-6-4-5-10-26-18/h4-8,10,12-13H,9,11,14-15H2,1-3H3. The van der Waals surface area contributed by atoms with Crippen molar-refractivity contribution in [1.82, 2.24) is 24.6 Å². The summed E-state index contributed by atoms with van der Waals surface area (Å²) in [6.45, 7) is 7.47. The van der Waals surface area contributed by atoms with Crippen LogP contribution in [-0.2, 0) is 25.0 Å². The maximum Gasteiger partial charge on any atom is 0.261 e. The SMILES string of the molecule is CC(C)(C)n1ncc2c1CCN(C(=O)c1ccc3c(c1)C(=O)N(Cc1ccccn1)C3=O)C2. The highest BCUT2D eigenvalue weighted by atomic mass is 16.2. The van der Waals surface area contributed by atoms with Crippen LogP contribution in [0.5, 0.6) is 0 Å². The summed E-state index contributed by atoms with van der Waals surface area (Å²) in [5, 5.41) is 4.53. The maximum atomic E-state index is 13.3. The number of imide groups is 1. The fraction of sp³-hybridized carbons (Fsp3) is 0.320. The third-order valence-electron chi connectivity index (χ3n) is 6.12. The van der Waals surface area contributed by atoms with Crippen LogP contribution in [0, 0.1) is 0 Å². The quantitative estimate of drug-likeness (QED) is 0.581. The molecule has 8 nitrogen and oxygen atoms in total. The number of amides is 3. The smallest absolute Gasteiger partial charge is 0.261 e. The van der Waals surface area contributed by atoms with E-state index in [-0.39, 0.29) is 29.5 Å². The zero-order chi connectivity index (χ0) is 23.3. The summed E-state index contributed by atoms with van der Waals surface area (Å²) in [5.41, 5.74) is 3.70. The first-order valence-electron chi connectivity index (χ1n) is 11.0. The molecule has 0 aliphatic carbocycles. The summed E-state index contributed by atoms with van der Waals surface area (Å²) in [5.74, 6) is -0.921. The lowest BCUT2D eigenvalue weighted by Crippen LogP contribution is -2.37. The average Bonchev–Trinajstić information content (AvgIpc) is 3.34. The molecule has 0 bridgehead atoms. The molecule has 1 aromatic carbocycles. The molecule has 0 atom stereocenters. The van der Waals surface area contributed by atoms with E-state index in [1.807, 2.05) is 16.9 Å². The van der Waals surface area contributed by atoms with Gasteiger partial charge < -0.3 is 4.90 Å². The number of carbonyl (C=O) groups excluding carboxylic acids is 3. The molecule has 0 spiro atoms. The van der Waals surface area contributed by atoms with E-state index in [1.165, 1.54) is 4.90 Å². The van der Waals surface area contributed by atoms with Crippen LogP contribution in [0.2, 0.25) is 0 Å². The number of rotatable bonds is 3. The van der Waals surface area contributed by atoms with Gasteiger partial charge in [0.15, 0.2) is 0 Å². The van der Waals surface area contributed by atoms with Crippen LogP contribution in [0.4, 0.5) is 0 Å². The van der Waals surface area contributed by atoms with E-state index < -0.39 is 5.91 Å². The van der Waals surface area contributed by atoms with E-state index in [9.17, 15) is 14.4 Å². The van der Waals surface area contributed by atoms with Gasteiger partial charge in [-0.15, -0.1) is 0 Å². The van der Waals surface area contributed by atoms with Gasteiger partial charge in [-0.25, -0.2) is 0 Å². The van der Waals surface area contributed by atoms with E-state index >= 15 is 0 Å². The lowest BCUT2D eigenvalue weighted by atomic mass is 10.0. The van der Waals surface area contributed by atoms with Gasteiger partial charge in [-0.2, -0.15) is 5.10 Å². The van der Waals surface area contributed by atoms with Crippen LogP contribution < -0.4 is 0 Å². The van der Waals surface area contributed by atoms with Gasteiger partial charge in [0.2, 0.25) is 0 Å². The third kappa shape index (κ3) is 3.61. The average molecular weight is 444 g/mol. The molecular weight excluding hydrogens is 418 g/mol. The second kappa shape index (κ2) is 7.65. The predicted molar refractivity (Wildman–Crippen MR) is 121 cm³/mol. The van der Waals surface area contributed by atoms with Crippen LogP contribution in [0.1, 0.15) is 68.8 Å². The van der Waals surface area contributed by atoms with Gasteiger partial charge >= 0.3 is 0 Å². The van der Waals surface area contributed by atoms with Gasteiger partial charge in [0, 0.05) is 42.5 Å². The predicted octanol–water partition coefficient (Wildman–Crippen LogP) is 3.03. The van der Waals surface area contributed by atoms with Gasteiger partial charge in [-0.3, -0.25) is 28.9 Å². The number of aromatic nitrogens is 3. The highest BCUT2D eigenvalue weighted by Gasteiger charge is 2.37. The molecule has 0 saturated heterocycles. The van der Waals surface area contributed by atoms with E-state index in [2.05, 4.69) is 30.9 Å². The number of hydrogen-bond acceptors (Lipinski definition) is 5. The van der Waals surface area contributed by atoms with Crippen molar-refractivity contribution in [2.24, 2.45) is 0 Å². The van der Waals surface area contributed by atoms with Gasteiger partial charge in [0.1, 0.15) is 0 Å². The first kappa shape index (κ1) is 21.1. The van der Waals surface area contributed by atoms with Crippen molar-refractivity contribution in [1.29, 1.82) is 0 Å². The molecule has 3 aromatic rings. The Labute approximate surface area is 191 Å². The Bertz CT molecular complexity index is 1270. The minimum atomic E-state index is -0.400. The summed E-state index contributed by atoms with van der Waals surface area (Å²) in [6.07, 6.45) is 4.18. The zero-order valence-corrected chi connectivity index (χ0v) is 18.9. The molecule has 5 rings (SSSR count). The molecule has 168 valence electrons. The summed E-state index contributed by atoms with van der Waals surface area (Å²) in [7, 11) is 0. The van der Waals surface area contributed by atoms with Crippen molar-refractivity contribution >= 4 is 17.7 Å². The molecular formula is C25H25N5O3. The fourth-order valence-corrected chi connectivity index (χ4v) is 4.49. The molecule has 3 amide bonds. The molecule has 8 heteroatoms. The van der Waals surface area contributed by atoms with Crippen molar-refractivity contribution < 1.29 is 14.4 Å². The van der Waals surface area contributed by atoms with E-state index in [4.69, 9.17) is 0 Å². The van der Waals surface area contributed by atoms with E-state index in [0.717, 1.165) is 17.7 Å². The number of carbonyl (C=O) groups is 3. The van der Waals surface area contributed by atoms with Crippen LogP contribution in [0.25, 0.3) is 0 Å². The normalized spacial score (nSPS) is 15.6. The number of nitrogens with zero attached hydrogens (tertiary/aromatic N) is 5. The first-order valence-corrected chi connectivity index (χ1v) is 11.0. The lowest BCUT2D eigenvalue weighted by Gasteiger charge is -2.30. The van der Waals surface area contributed by atoms with Crippen molar-refractivity contribution in [2.45, 2.75) is 45.8 Å². The van der Waals surface area contributed by atoms with Crippen molar-refractivity contribution in [3.05, 3.63) is 82.4 Å². The van der Waals surface area contributed by atoms with Crippen LogP contribution in [0.15, 0.2) is 48.8 Å². The van der Waals surface area contributed by atoms with Crippen LogP contribution in [-0.4, -0.2) is 48.8 Å². The summed E-state index contributed by atoms with van der Waals surface area (Å²) in [6, 6.07) is 10.1. The topological polar surface area (TPSA) is 88.4 Å². The Balaban J connectivity index is 1.36. The number of hydrogen-bond donors (Lipinski definition) is 0. The van der Waals surface area contributed by atoms with Gasteiger partial charge in [-0.1, -0.05) is 6.07 Å². The summed E-state index contributed by atoms with van der Waals surface area (Å²) >= 11 is 0. The van der Waals surface area contributed by atoms with Gasteiger partial charge in [0.25, 0.3) is 17.7 Å².